The van der Waals surface area contributed by atoms with Crippen LogP contribution in [0.5, 0.6) is 11.5 Å². The molecule has 0 fully saturated rings. The van der Waals surface area contributed by atoms with Crippen molar-refractivity contribution in [1.82, 2.24) is 9.47 Å². The van der Waals surface area contributed by atoms with Crippen molar-refractivity contribution in [2.24, 2.45) is 0 Å². The summed E-state index contributed by atoms with van der Waals surface area (Å²) < 4.78 is 12.8. The Bertz CT molecular complexity index is 1300. The fraction of sp³-hybridized carbons (Fsp3) is 0.200. The molecule has 6 heteroatoms. The summed E-state index contributed by atoms with van der Waals surface area (Å²) in [7, 11) is 0. The van der Waals surface area contributed by atoms with Gasteiger partial charge in [-0.3, -0.25) is 9.59 Å². The first kappa shape index (κ1) is 19.2. The van der Waals surface area contributed by atoms with Gasteiger partial charge in [0.1, 0.15) is 6.54 Å². The second-order valence-corrected chi connectivity index (χ2v) is 7.55. The molecular weight excluding hydrogens is 392 g/mol. The molecular formula is C25H22N2O4. The Morgan fingerprint density at radius 2 is 1.58 bits per heavy atom. The lowest BCUT2D eigenvalue weighted by Gasteiger charge is -2.23. The first-order valence-corrected chi connectivity index (χ1v) is 10.3. The monoisotopic (exact) mass is 414 g/mol. The number of para-hydroxylation sites is 2. The third-order valence-electron chi connectivity index (χ3n) is 5.72. The molecule has 0 saturated heterocycles. The van der Waals surface area contributed by atoms with Gasteiger partial charge in [-0.2, -0.15) is 0 Å². The van der Waals surface area contributed by atoms with Gasteiger partial charge in [0.2, 0.25) is 12.7 Å². The van der Waals surface area contributed by atoms with E-state index in [1.807, 2.05) is 78.2 Å². The van der Waals surface area contributed by atoms with Crippen molar-refractivity contribution in [2.75, 3.05) is 13.3 Å². The Hall–Kier alpha value is -3.80. The van der Waals surface area contributed by atoms with Gasteiger partial charge in [-0.05, 0) is 48.9 Å². The summed E-state index contributed by atoms with van der Waals surface area (Å²) >= 11 is 0. The molecule has 0 aliphatic carbocycles. The van der Waals surface area contributed by atoms with Gasteiger partial charge in [0.05, 0.1) is 11.0 Å². The molecule has 1 amide bonds. The van der Waals surface area contributed by atoms with Gasteiger partial charge in [0.25, 0.3) is 0 Å². The van der Waals surface area contributed by atoms with E-state index in [4.69, 9.17) is 9.47 Å². The lowest BCUT2D eigenvalue weighted by atomic mass is 10.1. The van der Waals surface area contributed by atoms with E-state index in [1.165, 1.54) is 0 Å². The molecule has 1 aromatic heterocycles. The molecule has 156 valence electrons. The van der Waals surface area contributed by atoms with Crippen molar-refractivity contribution < 1.29 is 14.3 Å². The van der Waals surface area contributed by atoms with Crippen LogP contribution in [0.4, 0.5) is 0 Å². The van der Waals surface area contributed by atoms with Crippen molar-refractivity contribution in [3.8, 4) is 11.5 Å². The number of likely N-dealkylation sites (N-methyl/N-ethyl adjacent to an activating group) is 1. The molecule has 0 spiro atoms. The molecule has 1 aliphatic heterocycles. The summed E-state index contributed by atoms with van der Waals surface area (Å²) in [6.45, 7) is 3.39. The molecule has 6 nitrogen and oxygen atoms in total. The normalized spacial score (nSPS) is 12.4. The molecule has 3 aromatic carbocycles. The lowest BCUT2D eigenvalue weighted by molar-refractivity contribution is -0.132. The fourth-order valence-electron chi connectivity index (χ4n) is 4.12. The zero-order valence-corrected chi connectivity index (χ0v) is 17.2. The number of hydrogen-bond acceptors (Lipinski definition) is 4. The maximum Gasteiger partial charge on any atom is 0.242 e. The predicted octanol–water partition coefficient (Wildman–Crippen LogP) is 3.93. The van der Waals surface area contributed by atoms with Crippen LogP contribution in [0.3, 0.4) is 0 Å². The van der Waals surface area contributed by atoms with Gasteiger partial charge in [0.15, 0.2) is 16.9 Å². The molecule has 4 aromatic rings. The average Bonchev–Trinajstić information content (AvgIpc) is 3.28. The number of fused-ring (bicyclic) bond motifs is 3. The maximum absolute atomic E-state index is 13.3. The number of benzene rings is 3. The van der Waals surface area contributed by atoms with Gasteiger partial charge in [-0.1, -0.05) is 30.3 Å². The lowest BCUT2D eigenvalue weighted by Crippen LogP contribution is -2.33. The van der Waals surface area contributed by atoms with Crippen LogP contribution < -0.4 is 14.9 Å². The van der Waals surface area contributed by atoms with E-state index >= 15 is 0 Å². The van der Waals surface area contributed by atoms with Gasteiger partial charge in [0, 0.05) is 23.9 Å². The van der Waals surface area contributed by atoms with Gasteiger partial charge >= 0.3 is 0 Å². The van der Waals surface area contributed by atoms with E-state index in [-0.39, 0.29) is 24.7 Å². The summed E-state index contributed by atoms with van der Waals surface area (Å²) in [5.74, 6) is 1.42. The van der Waals surface area contributed by atoms with E-state index in [9.17, 15) is 9.59 Å². The molecule has 0 bridgehead atoms. The third kappa shape index (κ3) is 3.40. The number of carbonyl (C=O) groups is 1. The maximum atomic E-state index is 13.3. The number of hydrogen-bond donors (Lipinski definition) is 0. The first-order valence-electron chi connectivity index (χ1n) is 10.3. The molecule has 2 heterocycles. The number of pyridine rings is 1. The van der Waals surface area contributed by atoms with Gasteiger partial charge in [-0.15, -0.1) is 0 Å². The topological polar surface area (TPSA) is 60.8 Å². The Morgan fingerprint density at radius 3 is 2.26 bits per heavy atom. The highest BCUT2D eigenvalue weighted by atomic mass is 16.7. The van der Waals surface area contributed by atoms with Crippen LogP contribution in [-0.2, 0) is 17.9 Å². The highest BCUT2D eigenvalue weighted by Gasteiger charge is 2.19. The highest BCUT2D eigenvalue weighted by molar-refractivity contribution is 5.94. The Labute approximate surface area is 179 Å². The van der Waals surface area contributed by atoms with Crippen molar-refractivity contribution in [1.29, 1.82) is 0 Å². The quantitative estimate of drug-likeness (QED) is 0.464. The largest absolute Gasteiger partial charge is 0.454 e. The number of ether oxygens (including phenoxy) is 2. The van der Waals surface area contributed by atoms with Crippen molar-refractivity contribution in [3.05, 3.63) is 82.5 Å². The first-order chi connectivity index (χ1) is 15.2. The number of carbonyl (C=O) groups excluding carboxylic acids is 1. The van der Waals surface area contributed by atoms with Gasteiger partial charge < -0.3 is 18.9 Å². The Morgan fingerprint density at radius 1 is 0.935 bits per heavy atom. The molecule has 0 saturated carbocycles. The smallest absolute Gasteiger partial charge is 0.242 e. The molecule has 0 unspecified atom stereocenters. The second-order valence-electron chi connectivity index (χ2n) is 7.55. The van der Waals surface area contributed by atoms with Crippen molar-refractivity contribution in [2.45, 2.75) is 20.0 Å². The minimum atomic E-state index is -0.0147. The summed E-state index contributed by atoms with van der Waals surface area (Å²) in [5.41, 5.74) is 2.49. The molecule has 0 atom stereocenters. The van der Waals surface area contributed by atoms with Crippen LogP contribution in [0, 0.1) is 0 Å². The molecule has 31 heavy (non-hydrogen) atoms. The number of amides is 1. The SMILES string of the molecule is CCN(Cc1ccc2c(c1)OCO2)C(=O)Cn1c2ccccc2c(=O)c2ccccc21. The van der Waals surface area contributed by atoms with Crippen LogP contribution in [0.15, 0.2) is 71.5 Å². The summed E-state index contributed by atoms with van der Waals surface area (Å²) in [5, 5.41) is 1.24. The summed E-state index contributed by atoms with van der Waals surface area (Å²) in [6.07, 6.45) is 0. The van der Waals surface area contributed by atoms with E-state index in [2.05, 4.69) is 0 Å². The standard InChI is InChI=1S/C25H22N2O4/c1-2-26(14-17-11-12-22-23(13-17)31-16-30-22)24(28)15-27-20-9-5-3-7-18(20)25(29)19-8-4-6-10-21(19)27/h3-13H,2,14-16H2,1H3. The molecule has 1 aliphatic rings. The van der Waals surface area contributed by atoms with Crippen LogP contribution in [0.1, 0.15) is 12.5 Å². The highest BCUT2D eigenvalue weighted by Crippen LogP contribution is 2.32. The van der Waals surface area contributed by atoms with E-state index < -0.39 is 0 Å². The van der Waals surface area contributed by atoms with Crippen molar-refractivity contribution >= 4 is 27.7 Å². The van der Waals surface area contributed by atoms with Crippen LogP contribution in [0.2, 0.25) is 0 Å². The van der Waals surface area contributed by atoms with Crippen LogP contribution >= 0.6 is 0 Å². The zero-order chi connectivity index (χ0) is 21.4. The minimum Gasteiger partial charge on any atom is -0.454 e. The van der Waals surface area contributed by atoms with E-state index in [0.29, 0.717) is 29.6 Å². The predicted molar refractivity (Wildman–Crippen MR) is 119 cm³/mol. The molecule has 5 rings (SSSR count). The van der Waals surface area contributed by atoms with Crippen LogP contribution in [-0.4, -0.2) is 28.7 Å². The van der Waals surface area contributed by atoms with E-state index in [0.717, 1.165) is 22.3 Å². The summed E-state index contributed by atoms with van der Waals surface area (Å²) in [4.78, 5) is 28.0. The average molecular weight is 414 g/mol. The van der Waals surface area contributed by atoms with E-state index in [1.54, 1.807) is 4.90 Å². The van der Waals surface area contributed by atoms with Crippen molar-refractivity contribution in [3.63, 3.8) is 0 Å². The number of rotatable bonds is 5. The molecule has 0 N–H and O–H groups in total. The Balaban J connectivity index is 1.50. The fourth-order valence-corrected chi connectivity index (χ4v) is 4.12. The Kier molecular flexibility index (Phi) is 4.82. The number of aromatic nitrogens is 1. The number of nitrogens with zero attached hydrogens (tertiary/aromatic N) is 2. The molecule has 0 radical (unpaired) electrons. The second kappa shape index (κ2) is 7.80. The third-order valence-corrected chi connectivity index (χ3v) is 5.72. The van der Waals surface area contributed by atoms with Crippen LogP contribution in [0.25, 0.3) is 21.8 Å². The minimum absolute atomic E-state index is 0.0115. The summed E-state index contributed by atoms with van der Waals surface area (Å²) in [6, 6.07) is 20.6. The van der Waals surface area contributed by atoms with Gasteiger partial charge in [-0.25, -0.2) is 0 Å². The zero-order valence-electron chi connectivity index (χ0n) is 17.2.